The fourth-order valence-corrected chi connectivity index (χ4v) is 3.93. The van der Waals surface area contributed by atoms with E-state index < -0.39 is 0 Å². The lowest BCUT2D eigenvalue weighted by atomic mass is 9.77. The molecule has 0 spiro atoms. The number of ether oxygens (including phenoxy) is 1. The number of rotatable bonds is 2. The Hall–Kier alpha value is -0.620. The number of hydrogen-bond acceptors (Lipinski definition) is 3. The van der Waals surface area contributed by atoms with Crippen LogP contribution in [0.15, 0.2) is 24.3 Å². The van der Waals surface area contributed by atoms with E-state index >= 15 is 0 Å². The first-order valence-corrected chi connectivity index (χ1v) is 7.86. The van der Waals surface area contributed by atoms with Crippen LogP contribution in [0, 0.1) is 9.49 Å². The Morgan fingerprint density at radius 2 is 2.05 bits per heavy atom. The fraction of sp³-hybridized carbons (Fsp3) is 0.533. The van der Waals surface area contributed by atoms with Gasteiger partial charge in [0.25, 0.3) is 0 Å². The molecule has 4 atom stereocenters. The van der Waals surface area contributed by atoms with Crippen molar-refractivity contribution in [3.63, 3.8) is 0 Å². The van der Waals surface area contributed by atoms with Gasteiger partial charge in [-0.1, -0.05) is 12.1 Å². The number of piperidine rings is 1. The van der Waals surface area contributed by atoms with Crippen LogP contribution in [0.5, 0.6) is 0 Å². The number of carbonyl (C=O) groups excluding carboxylic acids is 1. The summed E-state index contributed by atoms with van der Waals surface area (Å²) in [6.07, 6.45) is 3.31. The van der Waals surface area contributed by atoms with E-state index in [4.69, 9.17) is 4.74 Å². The Kier molecular flexibility index (Phi) is 3.80. The molecule has 0 saturated carbocycles. The smallest absolute Gasteiger partial charge is 0.310 e. The van der Waals surface area contributed by atoms with Crippen molar-refractivity contribution in [1.29, 1.82) is 0 Å². The van der Waals surface area contributed by atoms with Gasteiger partial charge in [-0.25, -0.2) is 0 Å². The van der Waals surface area contributed by atoms with Crippen LogP contribution in [0.1, 0.15) is 30.7 Å². The molecule has 3 nitrogen and oxygen atoms in total. The highest BCUT2D eigenvalue weighted by Gasteiger charge is 2.46. The van der Waals surface area contributed by atoms with E-state index in [1.807, 2.05) is 0 Å². The SMILES string of the molecule is COC(=O)[C@H]1[C@@H](c2ccc([123I])cc2)C[C@@H]2CC[C@H]1N2. The zero-order valence-corrected chi connectivity index (χ0v) is 13.1. The predicted octanol–water partition coefficient (Wildman–Crippen LogP) is 2.69. The third kappa shape index (κ3) is 2.52. The highest BCUT2D eigenvalue weighted by molar-refractivity contribution is 14.1. The minimum atomic E-state index is -0.0681. The molecule has 2 heterocycles. The summed E-state index contributed by atoms with van der Waals surface area (Å²) in [6, 6.07) is 9.41. The second-order valence-electron chi connectivity index (χ2n) is 5.49. The number of benzene rings is 1. The average Bonchev–Trinajstić information content (AvgIpc) is 2.80. The lowest BCUT2D eigenvalue weighted by Gasteiger charge is -2.36. The first-order chi connectivity index (χ1) is 9.19. The average molecular weight is 367 g/mol. The first kappa shape index (κ1) is 13.4. The molecule has 0 aliphatic carbocycles. The van der Waals surface area contributed by atoms with Crippen LogP contribution in [0.25, 0.3) is 0 Å². The summed E-state index contributed by atoms with van der Waals surface area (Å²) in [5.74, 6) is 0.188. The van der Waals surface area contributed by atoms with Gasteiger partial charge in [0.1, 0.15) is 0 Å². The Balaban J connectivity index is 1.92. The van der Waals surface area contributed by atoms with Gasteiger partial charge < -0.3 is 10.1 Å². The maximum atomic E-state index is 12.1. The molecule has 0 aromatic heterocycles. The minimum absolute atomic E-state index is 0.0381. The quantitative estimate of drug-likeness (QED) is 0.645. The van der Waals surface area contributed by atoms with Crippen molar-refractivity contribution < 1.29 is 9.53 Å². The van der Waals surface area contributed by atoms with E-state index in [1.54, 1.807) is 0 Å². The normalized spacial score (nSPS) is 33.2. The molecule has 2 bridgehead atoms. The number of esters is 1. The summed E-state index contributed by atoms with van der Waals surface area (Å²) < 4.78 is 6.26. The third-order valence-electron chi connectivity index (χ3n) is 4.45. The third-order valence-corrected chi connectivity index (χ3v) is 5.17. The van der Waals surface area contributed by atoms with Crippen LogP contribution in [0.2, 0.25) is 0 Å². The van der Waals surface area contributed by atoms with Gasteiger partial charge in [0.15, 0.2) is 0 Å². The molecule has 2 aliphatic rings. The molecule has 2 fully saturated rings. The van der Waals surface area contributed by atoms with Crippen molar-refractivity contribution >= 4 is 28.6 Å². The summed E-state index contributed by atoms with van der Waals surface area (Å²) in [4.78, 5) is 12.1. The Morgan fingerprint density at radius 3 is 2.74 bits per heavy atom. The second-order valence-corrected chi connectivity index (χ2v) is 6.74. The zero-order valence-electron chi connectivity index (χ0n) is 10.9. The van der Waals surface area contributed by atoms with Crippen molar-refractivity contribution in [2.45, 2.75) is 37.3 Å². The maximum absolute atomic E-state index is 12.1. The summed E-state index contributed by atoms with van der Waals surface area (Å²) in [5.41, 5.74) is 1.27. The number of fused-ring (bicyclic) bond motifs is 2. The van der Waals surface area contributed by atoms with Crippen molar-refractivity contribution in [1.82, 2.24) is 5.32 Å². The van der Waals surface area contributed by atoms with Crippen LogP contribution in [0.4, 0.5) is 0 Å². The van der Waals surface area contributed by atoms with Crippen LogP contribution in [0.3, 0.4) is 0 Å². The van der Waals surface area contributed by atoms with Crippen LogP contribution < -0.4 is 5.32 Å². The van der Waals surface area contributed by atoms with Crippen LogP contribution in [-0.2, 0) is 9.53 Å². The molecule has 0 radical (unpaired) electrons. The van der Waals surface area contributed by atoms with E-state index in [0.717, 1.165) is 12.8 Å². The summed E-state index contributed by atoms with van der Waals surface area (Å²) in [6.45, 7) is 0. The maximum Gasteiger partial charge on any atom is 0.310 e. The van der Waals surface area contributed by atoms with E-state index in [-0.39, 0.29) is 17.9 Å². The van der Waals surface area contributed by atoms with E-state index in [2.05, 4.69) is 52.2 Å². The van der Waals surface area contributed by atoms with Gasteiger partial charge in [-0.05, 0) is 59.5 Å². The van der Waals surface area contributed by atoms with Crippen molar-refractivity contribution in [2.24, 2.45) is 5.92 Å². The molecule has 0 amide bonds. The number of carbonyl (C=O) groups is 1. The number of hydrogen-bond donors (Lipinski definition) is 1. The van der Waals surface area contributed by atoms with E-state index in [1.165, 1.54) is 22.7 Å². The number of methoxy groups -OCH3 is 1. The standard InChI is InChI=1S/C15H18INO2/c1-19-15(18)14-12(8-11-6-7-13(14)17-11)9-2-4-10(16)5-3-9/h2-5,11-14,17H,6-8H2,1H3/t11-,12+,13+,14-/m0/s1/i16-4. The topological polar surface area (TPSA) is 38.3 Å². The molecule has 2 saturated heterocycles. The van der Waals surface area contributed by atoms with Crippen molar-refractivity contribution in [3.8, 4) is 0 Å². The largest absolute Gasteiger partial charge is 0.469 e. The van der Waals surface area contributed by atoms with Gasteiger partial charge in [-0.2, -0.15) is 0 Å². The molecule has 1 aromatic carbocycles. The monoisotopic (exact) mass is 367 g/mol. The molecule has 4 heteroatoms. The van der Waals surface area contributed by atoms with Gasteiger partial charge in [-0.3, -0.25) is 4.79 Å². The summed E-state index contributed by atoms with van der Waals surface area (Å²) in [7, 11) is 1.49. The summed E-state index contributed by atoms with van der Waals surface area (Å²) in [5, 5.41) is 3.56. The van der Waals surface area contributed by atoms with E-state index in [0.29, 0.717) is 12.0 Å². The van der Waals surface area contributed by atoms with Gasteiger partial charge in [-0.15, -0.1) is 0 Å². The van der Waals surface area contributed by atoms with Crippen LogP contribution >= 0.6 is 22.6 Å². The second kappa shape index (κ2) is 5.40. The minimum Gasteiger partial charge on any atom is -0.469 e. The predicted molar refractivity (Wildman–Crippen MR) is 82.0 cm³/mol. The molecule has 3 rings (SSSR count). The molecular weight excluding hydrogens is 349 g/mol. The lowest BCUT2D eigenvalue weighted by Crippen LogP contribution is -2.48. The van der Waals surface area contributed by atoms with Gasteiger partial charge in [0.2, 0.25) is 0 Å². The Bertz CT molecular complexity index is 474. The van der Waals surface area contributed by atoms with Gasteiger partial charge >= 0.3 is 5.97 Å². The summed E-state index contributed by atoms with van der Waals surface area (Å²) >= 11 is 2.31. The zero-order chi connectivity index (χ0) is 13.4. The molecule has 1 aromatic rings. The number of nitrogens with one attached hydrogen (secondary N) is 1. The van der Waals surface area contributed by atoms with Crippen molar-refractivity contribution in [3.05, 3.63) is 33.4 Å². The molecule has 2 aliphatic heterocycles. The molecule has 1 N–H and O–H groups in total. The van der Waals surface area contributed by atoms with Crippen LogP contribution in [-0.4, -0.2) is 25.2 Å². The van der Waals surface area contributed by atoms with Crippen molar-refractivity contribution in [2.75, 3.05) is 7.11 Å². The van der Waals surface area contributed by atoms with E-state index in [9.17, 15) is 4.79 Å². The lowest BCUT2D eigenvalue weighted by molar-refractivity contribution is -0.148. The van der Waals surface area contributed by atoms with Gasteiger partial charge in [0.05, 0.1) is 13.0 Å². The molecule has 19 heavy (non-hydrogen) atoms. The first-order valence-electron chi connectivity index (χ1n) is 6.78. The van der Waals surface area contributed by atoms with Gasteiger partial charge in [0, 0.05) is 21.6 Å². The molecule has 102 valence electrons. The Labute approximate surface area is 127 Å². The molecular formula is C15H18INO2. The molecule has 0 unspecified atom stereocenters. The fourth-order valence-electron chi connectivity index (χ4n) is 3.57. The number of halogens is 1. The Morgan fingerprint density at radius 1 is 1.32 bits per heavy atom. The highest BCUT2D eigenvalue weighted by atomic mass is 123. The highest BCUT2D eigenvalue weighted by Crippen LogP contribution is 2.42.